The van der Waals surface area contributed by atoms with Gasteiger partial charge in [0.15, 0.2) is 0 Å². The zero-order valence-corrected chi connectivity index (χ0v) is 18.3. The summed E-state index contributed by atoms with van der Waals surface area (Å²) in [4.78, 5) is 12.5. The summed E-state index contributed by atoms with van der Waals surface area (Å²) in [5.41, 5.74) is 3.18. The van der Waals surface area contributed by atoms with Crippen molar-refractivity contribution in [2.75, 3.05) is 17.1 Å². The van der Waals surface area contributed by atoms with Crippen molar-refractivity contribution >= 4 is 21.6 Å². The van der Waals surface area contributed by atoms with E-state index in [0.29, 0.717) is 0 Å². The molecule has 164 valence electrons. The topological polar surface area (TPSA) is 66.5 Å². The average molecular weight is 443 g/mol. The molecule has 0 aliphatic carbocycles. The van der Waals surface area contributed by atoms with Gasteiger partial charge >= 0.3 is 6.18 Å². The van der Waals surface area contributed by atoms with Crippen molar-refractivity contribution in [3.05, 3.63) is 64.2 Å². The van der Waals surface area contributed by atoms with Crippen LogP contribution >= 0.6 is 0 Å². The lowest BCUT2D eigenvalue weighted by molar-refractivity contribution is -0.137. The molecule has 9 heteroatoms. The molecular formula is C21H25F3N2O3S. The highest BCUT2D eigenvalue weighted by molar-refractivity contribution is 7.92. The van der Waals surface area contributed by atoms with Crippen LogP contribution < -0.4 is 9.62 Å². The highest BCUT2D eigenvalue weighted by Gasteiger charge is 2.31. The third kappa shape index (κ3) is 5.75. The molecule has 2 rings (SSSR count). The first-order valence-electron chi connectivity index (χ1n) is 9.22. The van der Waals surface area contributed by atoms with Crippen molar-refractivity contribution in [2.45, 2.75) is 39.9 Å². The number of carbonyl (C=O) groups excluding carboxylic acids is 1. The van der Waals surface area contributed by atoms with Crippen LogP contribution in [0.1, 0.15) is 40.8 Å². The van der Waals surface area contributed by atoms with Crippen LogP contribution in [0.25, 0.3) is 0 Å². The van der Waals surface area contributed by atoms with E-state index in [2.05, 4.69) is 5.32 Å². The van der Waals surface area contributed by atoms with E-state index in [1.54, 1.807) is 6.92 Å². The van der Waals surface area contributed by atoms with Gasteiger partial charge in [-0.15, -0.1) is 0 Å². The smallest absolute Gasteiger partial charge is 0.348 e. The number of benzene rings is 2. The monoisotopic (exact) mass is 442 g/mol. The van der Waals surface area contributed by atoms with Crippen molar-refractivity contribution in [2.24, 2.45) is 0 Å². The molecule has 0 aliphatic rings. The van der Waals surface area contributed by atoms with Crippen molar-refractivity contribution in [1.82, 2.24) is 5.32 Å². The second-order valence-electron chi connectivity index (χ2n) is 7.40. The molecule has 2 aromatic rings. The second kappa shape index (κ2) is 8.67. The van der Waals surface area contributed by atoms with Gasteiger partial charge < -0.3 is 5.32 Å². The Morgan fingerprint density at radius 2 is 1.57 bits per heavy atom. The Morgan fingerprint density at radius 3 is 2.07 bits per heavy atom. The lowest BCUT2D eigenvalue weighted by Crippen LogP contribution is -2.41. The van der Waals surface area contributed by atoms with Crippen LogP contribution in [0.15, 0.2) is 36.4 Å². The first-order chi connectivity index (χ1) is 13.7. The Hall–Kier alpha value is -2.55. The third-order valence-electron chi connectivity index (χ3n) is 4.90. The number of carbonyl (C=O) groups is 1. The molecule has 0 bridgehead atoms. The molecule has 0 aliphatic heterocycles. The molecule has 0 aromatic heterocycles. The average Bonchev–Trinajstić information content (AvgIpc) is 2.61. The van der Waals surface area contributed by atoms with Gasteiger partial charge in [-0.1, -0.05) is 12.1 Å². The van der Waals surface area contributed by atoms with Gasteiger partial charge in [0.1, 0.15) is 6.54 Å². The maximum Gasteiger partial charge on any atom is 0.416 e. The number of alkyl halides is 3. The van der Waals surface area contributed by atoms with Crippen LogP contribution in [0.4, 0.5) is 18.9 Å². The van der Waals surface area contributed by atoms with Crippen molar-refractivity contribution in [3.63, 3.8) is 0 Å². The van der Waals surface area contributed by atoms with E-state index in [-0.39, 0.29) is 11.7 Å². The van der Waals surface area contributed by atoms with Gasteiger partial charge in [0.25, 0.3) is 0 Å². The summed E-state index contributed by atoms with van der Waals surface area (Å²) in [5, 5.41) is 2.77. The molecule has 0 spiro atoms. The fourth-order valence-electron chi connectivity index (χ4n) is 3.16. The first kappa shape index (κ1) is 23.7. The fourth-order valence-corrected chi connectivity index (χ4v) is 4.02. The zero-order chi connectivity index (χ0) is 22.9. The largest absolute Gasteiger partial charge is 0.416 e. The predicted octanol–water partition coefficient (Wildman–Crippen LogP) is 4.27. The zero-order valence-electron chi connectivity index (χ0n) is 17.5. The summed E-state index contributed by atoms with van der Waals surface area (Å²) < 4.78 is 63.4. The molecular weight excluding hydrogens is 417 g/mol. The van der Waals surface area contributed by atoms with E-state index in [9.17, 15) is 26.4 Å². The molecule has 1 N–H and O–H groups in total. The van der Waals surface area contributed by atoms with Crippen LogP contribution in [-0.2, 0) is 21.0 Å². The molecule has 1 atom stereocenters. The van der Waals surface area contributed by atoms with Crippen LogP contribution in [0.2, 0.25) is 0 Å². The number of sulfonamides is 1. The van der Waals surface area contributed by atoms with E-state index in [1.165, 1.54) is 0 Å². The number of anilines is 1. The molecule has 2 aromatic carbocycles. The van der Waals surface area contributed by atoms with Crippen molar-refractivity contribution < 1.29 is 26.4 Å². The molecule has 1 unspecified atom stereocenters. The number of hydrogen-bond acceptors (Lipinski definition) is 3. The number of rotatable bonds is 6. The number of hydrogen-bond donors (Lipinski definition) is 1. The van der Waals surface area contributed by atoms with Gasteiger partial charge in [-0.05, 0) is 74.2 Å². The second-order valence-corrected chi connectivity index (χ2v) is 9.30. The highest BCUT2D eigenvalue weighted by atomic mass is 32.2. The minimum Gasteiger partial charge on any atom is -0.348 e. The molecule has 1 amide bonds. The lowest BCUT2D eigenvalue weighted by atomic mass is 9.96. The summed E-state index contributed by atoms with van der Waals surface area (Å²) >= 11 is 0. The Labute approximate surface area is 175 Å². The molecule has 0 saturated carbocycles. The Bertz CT molecular complexity index is 1030. The Morgan fingerprint density at radius 1 is 1.03 bits per heavy atom. The number of nitrogens with zero attached hydrogens (tertiary/aromatic N) is 1. The normalized spacial score (nSPS) is 13.1. The Balaban J connectivity index is 2.21. The number of nitrogens with one attached hydrogen (secondary N) is 1. The third-order valence-corrected chi connectivity index (χ3v) is 6.04. The molecule has 0 saturated heterocycles. The summed E-state index contributed by atoms with van der Waals surface area (Å²) in [6.45, 7) is 7.12. The van der Waals surface area contributed by atoms with Gasteiger partial charge in [-0.3, -0.25) is 9.10 Å². The van der Waals surface area contributed by atoms with Gasteiger partial charge in [0, 0.05) is 0 Å². The van der Waals surface area contributed by atoms with Crippen LogP contribution in [0.3, 0.4) is 0 Å². The first-order valence-corrected chi connectivity index (χ1v) is 11.1. The predicted molar refractivity (Wildman–Crippen MR) is 111 cm³/mol. The SMILES string of the molecule is Cc1cc(C)c(C(C)NC(=O)CN(c2ccc(C(F)(F)F)cc2)S(C)(=O)=O)cc1C. The van der Waals surface area contributed by atoms with Crippen LogP contribution in [0.5, 0.6) is 0 Å². The number of halogens is 3. The minimum absolute atomic E-state index is 0.0179. The Kier molecular flexibility index (Phi) is 6.86. The quantitative estimate of drug-likeness (QED) is 0.727. The van der Waals surface area contributed by atoms with Crippen molar-refractivity contribution in [3.8, 4) is 0 Å². The summed E-state index contributed by atoms with van der Waals surface area (Å²) in [5.74, 6) is -0.564. The van der Waals surface area contributed by atoms with Gasteiger partial charge in [0.05, 0.1) is 23.5 Å². The lowest BCUT2D eigenvalue weighted by Gasteiger charge is -2.24. The number of amides is 1. The van der Waals surface area contributed by atoms with Gasteiger partial charge in [-0.25, -0.2) is 8.42 Å². The van der Waals surface area contributed by atoms with E-state index >= 15 is 0 Å². The summed E-state index contributed by atoms with van der Waals surface area (Å²) in [6, 6.07) is 7.25. The minimum atomic E-state index is -4.54. The van der Waals surface area contributed by atoms with Gasteiger partial charge in [-0.2, -0.15) is 13.2 Å². The van der Waals surface area contributed by atoms with E-state index < -0.39 is 34.2 Å². The number of aryl methyl sites for hydroxylation is 3. The van der Waals surface area contributed by atoms with E-state index in [1.807, 2.05) is 32.9 Å². The summed E-state index contributed by atoms with van der Waals surface area (Å²) in [7, 11) is -3.89. The highest BCUT2D eigenvalue weighted by Crippen LogP contribution is 2.31. The maximum atomic E-state index is 12.8. The molecule has 0 fully saturated rings. The van der Waals surface area contributed by atoms with Crippen molar-refractivity contribution in [1.29, 1.82) is 0 Å². The van der Waals surface area contributed by atoms with E-state index in [4.69, 9.17) is 0 Å². The fraction of sp³-hybridized carbons (Fsp3) is 0.381. The van der Waals surface area contributed by atoms with Crippen LogP contribution in [-0.4, -0.2) is 27.1 Å². The van der Waals surface area contributed by atoms with E-state index in [0.717, 1.165) is 57.1 Å². The van der Waals surface area contributed by atoms with Gasteiger partial charge in [0.2, 0.25) is 15.9 Å². The molecule has 5 nitrogen and oxygen atoms in total. The molecule has 30 heavy (non-hydrogen) atoms. The van der Waals surface area contributed by atoms with Crippen LogP contribution in [0, 0.1) is 20.8 Å². The molecule has 0 radical (unpaired) electrons. The standard InChI is InChI=1S/C21H25F3N2O3S/c1-13-10-15(3)19(11-14(13)2)16(4)25-20(27)12-26(30(5,28)29)18-8-6-17(7-9-18)21(22,23)24/h6-11,16H,12H2,1-5H3,(H,25,27). The molecule has 0 heterocycles. The summed E-state index contributed by atoms with van der Waals surface area (Å²) in [6.07, 6.45) is -3.64. The maximum absolute atomic E-state index is 12.8.